The van der Waals surface area contributed by atoms with Crippen LogP contribution in [0.25, 0.3) is 11.1 Å². The maximum absolute atomic E-state index is 13.6. The SMILES string of the molecule is Cc1nn(C(F)F)cc1-c1ccc(NCc2c(F)cccc2F)cc1. The zero-order valence-electron chi connectivity index (χ0n) is 13.3. The number of benzene rings is 2. The summed E-state index contributed by atoms with van der Waals surface area (Å²) in [4.78, 5) is 0. The van der Waals surface area contributed by atoms with Gasteiger partial charge < -0.3 is 5.32 Å². The van der Waals surface area contributed by atoms with Gasteiger partial charge in [0.15, 0.2) is 0 Å². The second-order valence-electron chi connectivity index (χ2n) is 5.52. The molecular formula is C18H15F4N3. The first-order chi connectivity index (χ1) is 12.0. The van der Waals surface area contributed by atoms with Gasteiger partial charge in [0.2, 0.25) is 0 Å². The molecule has 3 rings (SSSR count). The normalized spacial score (nSPS) is 11.1. The highest BCUT2D eigenvalue weighted by Crippen LogP contribution is 2.26. The fraction of sp³-hybridized carbons (Fsp3) is 0.167. The van der Waals surface area contributed by atoms with Crippen molar-refractivity contribution < 1.29 is 17.6 Å². The number of hydrogen-bond donors (Lipinski definition) is 1. The van der Waals surface area contributed by atoms with Crippen LogP contribution in [0.2, 0.25) is 0 Å². The van der Waals surface area contributed by atoms with Crippen LogP contribution in [0.1, 0.15) is 17.8 Å². The smallest absolute Gasteiger partial charge is 0.333 e. The minimum Gasteiger partial charge on any atom is -0.381 e. The van der Waals surface area contributed by atoms with E-state index in [2.05, 4.69) is 10.4 Å². The van der Waals surface area contributed by atoms with E-state index in [1.807, 2.05) is 0 Å². The molecule has 1 aromatic heterocycles. The third-order valence-electron chi connectivity index (χ3n) is 3.84. The molecule has 3 aromatic rings. The van der Waals surface area contributed by atoms with E-state index in [-0.39, 0.29) is 12.1 Å². The lowest BCUT2D eigenvalue weighted by Gasteiger charge is -2.09. The van der Waals surface area contributed by atoms with E-state index in [0.29, 0.717) is 21.6 Å². The number of halogens is 4. The lowest BCUT2D eigenvalue weighted by molar-refractivity contribution is 0.0563. The highest BCUT2D eigenvalue weighted by atomic mass is 19.3. The molecule has 0 bridgehead atoms. The predicted octanol–water partition coefficient (Wildman–Crippen LogP) is 5.14. The summed E-state index contributed by atoms with van der Waals surface area (Å²) in [5, 5.41) is 6.71. The molecule has 1 heterocycles. The quantitative estimate of drug-likeness (QED) is 0.646. The van der Waals surface area contributed by atoms with Crippen LogP contribution in [0.5, 0.6) is 0 Å². The third kappa shape index (κ3) is 3.65. The van der Waals surface area contributed by atoms with Crippen molar-refractivity contribution in [1.29, 1.82) is 0 Å². The Labute approximate surface area is 141 Å². The number of hydrogen-bond acceptors (Lipinski definition) is 2. The molecule has 0 atom stereocenters. The summed E-state index contributed by atoms with van der Waals surface area (Å²) in [6.07, 6.45) is 1.29. The van der Waals surface area contributed by atoms with Gasteiger partial charge in [0, 0.05) is 29.6 Å². The Balaban J connectivity index is 1.74. The molecule has 0 fully saturated rings. The average Bonchev–Trinajstić information content (AvgIpc) is 2.97. The number of aromatic nitrogens is 2. The van der Waals surface area contributed by atoms with Gasteiger partial charge in [-0.2, -0.15) is 13.9 Å². The number of nitrogens with zero attached hydrogens (tertiary/aromatic N) is 2. The standard InChI is InChI=1S/C18H15F4N3/c1-11-15(10-25(24-11)18(21)22)12-5-7-13(8-6-12)23-9-14-16(19)3-2-4-17(14)20/h2-8,10,18,23H,9H2,1H3. The number of alkyl halides is 2. The lowest BCUT2D eigenvalue weighted by Crippen LogP contribution is -2.04. The zero-order chi connectivity index (χ0) is 18.0. The Morgan fingerprint density at radius 1 is 1.04 bits per heavy atom. The van der Waals surface area contributed by atoms with Crippen LogP contribution in [-0.4, -0.2) is 9.78 Å². The highest BCUT2D eigenvalue weighted by molar-refractivity contribution is 5.67. The monoisotopic (exact) mass is 349 g/mol. The third-order valence-corrected chi connectivity index (χ3v) is 3.84. The lowest BCUT2D eigenvalue weighted by atomic mass is 10.1. The second-order valence-corrected chi connectivity index (χ2v) is 5.52. The summed E-state index contributed by atoms with van der Waals surface area (Å²) in [7, 11) is 0. The summed E-state index contributed by atoms with van der Waals surface area (Å²) >= 11 is 0. The maximum atomic E-state index is 13.6. The molecule has 25 heavy (non-hydrogen) atoms. The molecule has 3 nitrogen and oxygen atoms in total. The van der Waals surface area contributed by atoms with E-state index >= 15 is 0 Å². The van der Waals surface area contributed by atoms with E-state index in [9.17, 15) is 17.6 Å². The molecule has 0 aliphatic heterocycles. The predicted molar refractivity (Wildman–Crippen MR) is 87.3 cm³/mol. The molecule has 0 spiro atoms. The molecule has 0 aliphatic rings. The molecule has 0 radical (unpaired) electrons. The number of nitrogens with one attached hydrogen (secondary N) is 1. The first kappa shape index (κ1) is 17.0. The van der Waals surface area contributed by atoms with Crippen LogP contribution in [0.15, 0.2) is 48.7 Å². The van der Waals surface area contributed by atoms with Gasteiger partial charge >= 0.3 is 6.55 Å². The second kappa shape index (κ2) is 6.96. The molecule has 2 aromatic carbocycles. The highest BCUT2D eigenvalue weighted by Gasteiger charge is 2.13. The average molecular weight is 349 g/mol. The maximum Gasteiger partial charge on any atom is 0.333 e. The molecule has 0 unspecified atom stereocenters. The van der Waals surface area contributed by atoms with Gasteiger partial charge in [-0.15, -0.1) is 0 Å². The van der Waals surface area contributed by atoms with Gasteiger partial charge in [-0.25, -0.2) is 13.5 Å². The topological polar surface area (TPSA) is 29.9 Å². The van der Waals surface area contributed by atoms with E-state index in [1.165, 1.54) is 24.4 Å². The number of aryl methyl sites for hydroxylation is 1. The van der Waals surface area contributed by atoms with Crippen LogP contribution >= 0.6 is 0 Å². The Hall–Kier alpha value is -2.83. The van der Waals surface area contributed by atoms with E-state index in [4.69, 9.17) is 0 Å². The summed E-state index contributed by atoms with van der Waals surface area (Å²) < 4.78 is 53.2. The van der Waals surface area contributed by atoms with Crippen LogP contribution in [0, 0.1) is 18.6 Å². The zero-order valence-corrected chi connectivity index (χ0v) is 13.3. The Bertz CT molecular complexity index is 852. The van der Waals surface area contributed by atoms with Gasteiger partial charge in [-0.1, -0.05) is 18.2 Å². The minimum atomic E-state index is -2.69. The van der Waals surface area contributed by atoms with E-state index < -0.39 is 18.2 Å². The molecule has 0 aliphatic carbocycles. The van der Waals surface area contributed by atoms with Gasteiger partial charge in [-0.05, 0) is 36.8 Å². The van der Waals surface area contributed by atoms with Crippen molar-refractivity contribution >= 4 is 5.69 Å². The summed E-state index contributed by atoms with van der Waals surface area (Å²) in [5.74, 6) is -1.22. The molecule has 130 valence electrons. The van der Waals surface area contributed by atoms with Crippen molar-refractivity contribution in [2.45, 2.75) is 20.0 Å². The number of anilines is 1. The Kier molecular flexibility index (Phi) is 4.74. The van der Waals surface area contributed by atoms with Crippen LogP contribution in [0.3, 0.4) is 0 Å². The fourth-order valence-corrected chi connectivity index (χ4v) is 2.52. The summed E-state index contributed by atoms with van der Waals surface area (Å²) in [6, 6.07) is 10.6. The van der Waals surface area contributed by atoms with Gasteiger partial charge in [0.1, 0.15) is 11.6 Å². The van der Waals surface area contributed by atoms with Crippen molar-refractivity contribution in [3.05, 3.63) is 71.6 Å². The molecule has 1 N–H and O–H groups in total. The van der Waals surface area contributed by atoms with E-state index in [0.717, 1.165) is 5.56 Å². The first-order valence-corrected chi connectivity index (χ1v) is 7.57. The molecule has 0 amide bonds. The molecule has 0 saturated carbocycles. The van der Waals surface area contributed by atoms with Crippen molar-refractivity contribution in [3.63, 3.8) is 0 Å². The summed E-state index contributed by atoms with van der Waals surface area (Å²) in [5.41, 5.74) is 2.44. The number of rotatable bonds is 5. The van der Waals surface area contributed by atoms with Crippen LogP contribution in [-0.2, 0) is 6.54 Å². The Morgan fingerprint density at radius 2 is 1.68 bits per heavy atom. The first-order valence-electron chi connectivity index (χ1n) is 7.57. The van der Waals surface area contributed by atoms with Crippen molar-refractivity contribution in [2.75, 3.05) is 5.32 Å². The fourth-order valence-electron chi connectivity index (χ4n) is 2.52. The van der Waals surface area contributed by atoms with Crippen molar-refractivity contribution in [1.82, 2.24) is 9.78 Å². The van der Waals surface area contributed by atoms with Crippen LogP contribution < -0.4 is 5.32 Å². The molecular weight excluding hydrogens is 334 g/mol. The van der Waals surface area contributed by atoms with Crippen LogP contribution in [0.4, 0.5) is 23.2 Å². The van der Waals surface area contributed by atoms with Gasteiger partial charge in [0.25, 0.3) is 0 Å². The minimum absolute atomic E-state index is 0.000195. The van der Waals surface area contributed by atoms with Crippen molar-refractivity contribution in [2.24, 2.45) is 0 Å². The molecule has 7 heteroatoms. The molecule has 0 saturated heterocycles. The van der Waals surface area contributed by atoms with Gasteiger partial charge in [0.05, 0.1) is 5.69 Å². The Morgan fingerprint density at radius 3 is 2.24 bits per heavy atom. The summed E-state index contributed by atoms with van der Waals surface area (Å²) in [6.45, 7) is -1.04. The van der Waals surface area contributed by atoms with Crippen molar-refractivity contribution in [3.8, 4) is 11.1 Å². The van der Waals surface area contributed by atoms with E-state index in [1.54, 1.807) is 31.2 Å². The van der Waals surface area contributed by atoms with Gasteiger partial charge in [-0.3, -0.25) is 0 Å². The largest absolute Gasteiger partial charge is 0.381 e.